The highest BCUT2D eigenvalue weighted by atomic mass is 16.1. The topological polar surface area (TPSA) is 25.2 Å². The van der Waals surface area contributed by atoms with Crippen LogP contribution in [0.15, 0.2) is 47.3 Å². The number of piperidine rings is 1. The predicted octanol–water partition coefficient (Wildman–Crippen LogP) is 4.51. The lowest BCUT2D eigenvalue weighted by Gasteiger charge is -2.44. The van der Waals surface area contributed by atoms with Crippen molar-refractivity contribution in [2.75, 3.05) is 19.6 Å². The fraction of sp³-hybridized carbons (Fsp3) is 0.542. The molecule has 1 aromatic carbocycles. The second kappa shape index (κ2) is 7.27. The van der Waals surface area contributed by atoms with Crippen molar-refractivity contribution in [2.45, 2.75) is 51.0 Å². The molecule has 1 saturated heterocycles. The van der Waals surface area contributed by atoms with E-state index in [1.807, 2.05) is 0 Å². The van der Waals surface area contributed by atoms with Crippen LogP contribution in [0.25, 0.3) is 11.1 Å². The highest BCUT2D eigenvalue weighted by molar-refractivity contribution is 5.66. The summed E-state index contributed by atoms with van der Waals surface area (Å²) in [5.74, 6) is 2.01. The van der Waals surface area contributed by atoms with Crippen LogP contribution in [-0.4, -0.2) is 29.1 Å². The number of hydrogen-bond acceptors (Lipinski definition) is 2. The lowest BCUT2D eigenvalue weighted by Crippen LogP contribution is -2.48. The summed E-state index contributed by atoms with van der Waals surface area (Å²) in [6.45, 7) is 4.46. The highest BCUT2D eigenvalue weighted by Gasteiger charge is 2.36. The van der Waals surface area contributed by atoms with Crippen molar-refractivity contribution >= 4 is 0 Å². The zero-order valence-corrected chi connectivity index (χ0v) is 16.1. The Bertz CT molecular complexity index is 850. The molecule has 5 rings (SSSR count). The average molecular weight is 363 g/mol. The Balaban J connectivity index is 1.46. The summed E-state index contributed by atoms with van der Waals surface area (Å²) in [7, 11) is 0. The van der Waals surface area contributed by atoms with E-state index in [9.17, 15) is 4.79 Å². The Morgan fingerprint density at radius 1 is 0.889 bits per heavy atom. The van der Waals surface area contributed by atoms with Crippen LogP contribution in [0.4, 0.5) is 0 Å². The van der Waals surface area contributed by atoms with Gasteiger partial charge in [0.2, 0.25) is 0 Å². The molecule has 0 radical (unpaired) electrons. The summed E-state index contributed by atoms with van der Waals surface area (Å²) in [6, 6.07) is 14.4. The van der Waals surface area contributed by atoms with Crippen LogP contribution in [0.5, 0.6) is 0 Å². The van der Waals surface area contributed by atoms with E-state index in [0.29, 0.717) is 11.8 Å². The van der Waals surface area contributed by atoms with Crippen LogP contribution in [-0.2, 0) is 6.54 Å². The Morgan fingerprint density at radius 2 is 1.70 bits per heavy atom. The average Bonchev–Trinajstić information content (AvgIpc) is 2.70. The molecule has 2 bridgehead atoms. The molecule has 1 saturated carbocycles. The van der Waals surface area contributed by atoms with Gasteiger partial charge < -0.3 is 9.47 Å². The Labute approximate surface area is 162 Å². The van der Waals surface area contributed by atoms with E-state index in [1.165, 1.54) is 68.4 Å². The molecular weight excluding hydrogens is 332 g/mol. The van der Waals surface area contributed by atoms with Gasteiger partial charge in [0.25, 0.3) is 5.56 Å². The van der Waals surface area contributed by atoms with E-state index >= 15 is 0 Å². The number of likely N-dealkylation sites (tertiary alicyclic amines) is 1. The normalized spacial score (nSPS) is 25.9. The van der Waals surface area contributed by atoms with Crippen molar-refractivity contribution in [3.05, 3.63) is 58.5 Å². The predicted molar refractivity (Wildman–Crippen MR) is 110 cm³/mol. The molecule has 3 nitrogen and oxygen atoms in total. The van der Waals surface area contributed by atoms with Crippen molar-refractivity contribution in [1.29, 1.82) is 0 Å². The van der Waals surface area contributed by atoms with Gasteiger partial charge in [0.15, 0.2) is 0 Å². The molecular formula is C24H30N2O. The molecule has 3 aliphatic rings. The van der Waals surface area contributed by atoms with Crippen molar-refractivity contribution in [2.24, 2.45) is 11.8 Å². The van der Waals surface area contributed by atoms with Gasteiger partial charge in [-0.1, -0.05) is 49.6 Å². The molecule has 0 unspecified atom stereocenters. The standard InChI is InChI=1S/C24H30N2O/c27-23-12-11-22(20-9-5-2-6-10-20)24-21-13-19(16-26(23)24)15-25(17-21)14-18-7-3-1-4-8-18/h2,5-6,9-12,18-19,21H,1,3-4,7-8,13-17H2/t19-,21+/m0/s1. The first-order chi connectivity index (χ1) is 13.3. The molecule has 2 fully saturated rings. The maximum atomic E-state index is 12.6. The quantitative estimate of drug-likeness (QED) is 0.802. The summed E-state index contributed by atoms with van der Waals surface area (Å²) in [6.07, 6.45) is 8.33. The Kier molecular flexibility index (Phi) is 4.65. The monoisotopic (exact) mass is 362 g/mol. The van der Waals surface area contributed by atoms with Gasteiger partial charge in [-0.3, -0.25) is 4.79 Å². The van der Waals surface area contributed by atoms with Crippen LogP contribution >= 0.6 is 0 Å². The first-order valence-corrected chi connectivity index (χ1v) is 10.8. The minimum atomic E-state index is 0.181. The molecule has 1 aliphatic carbocycles. The van der Waals surface area contributed by atoms with Gasteiger partial charge >= 0.3 is 0 Å². The Hall–Kier alpha value is -1.87. The molecule has 27 heavy (non-hydrogen) atoms. The number of rotatable bonds is 3. The van der Waals surface area contributed by atoms with E-state index in [2.05, 4.69) is 45.9 Å². The first kappa shape index (κ1) is 17.2. The lowest BCUT2D eigenvalue weighted by molar-refractivity contribution is 0.0970. The molecule has 3 heteroatoms. The first-order valence-electron chi connectivity index (χ1n) is 10.8. The maximum Gasteiger partial charge on any atom is 0.250 e. The third-order valence-corrected chi connectivity index (χ3v) is 6.99. The summed E-state index contributed by atoms with van der Waals surface area (Å²) in [5.41, 5.74) is 3.97. The Morgan fingerprint density at radius 3 is 2.52 bits per heavy atom. The number of pyridine rings is 1. The minimum absolute atomic E-state index is 0.181. The van der Waals surface area contributed by atoms with Crippen LogP contribution < -0.4 is 5.56 Å². The van der Waals surface area contributed by atoms with Crippen molar-refractivity contribution < 1.29 is 0 Å². The van der Waals surface area contributed by atoms with Crippen molar-refractivity contribution in [3.8, 4) is 11.1 Å². The molecule has 2 atom stereocenters. The van der Waals surface area contributed by atoms with E-state index in [-0.39, 0.29) is 5.56 Å². The van der Waals surface area contributed by atoms with E-state index in [4.69, 9.17) is 0 Å². The van der Waals surface area contributed by atoms with Gasteiger partial charge in [-0.25, -0.2) is 0 Å². The molecule has 142 valence electrons. The van der Waals surface area contributed by atoms with Crippen molar-refractivity contribution in [1.82, 2.24) is 9.47 Å². The van der Waals surface area contributed by atoms with Gasteiger partial charge in [0, 0.05) is 49.4 Å². The summed E-state index contributed by atoms with van der Waals surface area (Å²) in [4.78, 5) is 15.4. The molecule has 0 N–H and O–H groups in total. The highest BCUT2D eigenvalue weighted by Crippen LogP contribution is 2.40. The lowest BCUT2D eigenvalue weighted by atomic mass is 9.79. The second-order valence-corrected chi connectivity index (χ2v) is 8.97. The fourth-order valence-corrected chi connectivity index (χ4v) is 5.86. The van der Waals surface area contributed by atoms with E-state index in [1.54, 1.807) is 6.07 Å². The fourth-order valence-electron chi connectivity index (χ4n) is 5.86. The molecule has 0 amide bonds. The summed E-state index contributed by atoms with van der Waals surface area (Å²) < 4.78 is 2.10. The smallest absolute Gasteiger partial charge is 0.250 e. The van der Waals surface area contributed by atoms with E-state index < -0.39 is 0 Å². The van der Waals surface area contributed by atoms with Crippen molar-refractivity contribution in [3.63, 3.8) is 0 Å². The molecule has 1 aromatic heterocycles. The third kappa shape index (κ3) is 3.38. The number of fused-ring (bicyclic) bond motifs is 4. The summed E-state index contributed by atoms with van der Waals surface area (Å²) in [5, 5.41) is 0. The minimum Gasteiger partial charge on any atom is -0.311 e. The van der Waals surface area contributed by atoms with Gasteiger partial charge in [-0.15, -0.1) is 0 Å². The number of aromatic nitrogens is 1. The van der Waals surface area contributed by atoms with Gasteiger partial charge in [-0.05, 0) is 42.7 Å². The molecule has 0 spiro atoms. The largest absolute Gasteiger partial charge is 0.311 e. The van der Waals surface area contributed by atoms with Gasteiger partial charge in [0.05, 0.1) is 0 Å². The molecule has 2 aliphatic heterocycles. The van der Waals surface area contributed by atoms with E-state index in [0.717, 1.165) is 19.0 Å². The van der Waals surface area contributed by atoms with Gasteiger partial charge in [0.1, 0.15) is 0 Å². The maximum absolute atomic E-state index is 12.6. The SMILES string of the molecule is O=c1ccc(-c2ccccc2)c2n1C[C@H]1C[C@@H]2CN(CC2CCCCC2)C1. The number of hydrogen-bond donors (Lipinski definition) is 0. The molecule has 2 aromatic rings. The molecule has 3 heterocycles. The third-order valence-electron chi connectivity index (χ3n) is 6.99. The van der Waals surface area contributed by atoms with Crippen LogP contribution in [0, 0.1) is 11.8 Å². The van der Waals surface area contributed by atoms with Gasteiger partial charge in [-0.2, -0.15) is 0 Å². The van der Waals surface area contributed by atoms with Crippen LogP contribution in [0.1, 0.15) is 50.1 Å². The number of nitrogens with zero attached hydrogens (tertiary/aromatic N) is 2. The van der Waals surface area contributed by atoms with Crippen LogP contribution in [0.3, 0.4) is 0 Å². The van der Waals surface area contributed by atoms with Crippen LogP contribution in [0.2, 0.25) is 0 Å². The zero-order valence-electron chi connectivity index (χ0n) is 16.1. The number of benzene rings is 1. The zero-order chi connectivity index (χ0) is 18.2. The summed E-state index contributed by atoms with van der Waals surface area (Å²) >= 11 is 0. The second-order valence-electron chi connectivity index (χ2n) is 8.97.